The van der Waals surface area contributed by atoms with E-state index in [9.17, 15) is 14.7 Å². The first-order valence-electron chi connectivity index (χ1n) is 11.8. The average Bonchev–Trinajstić information content (AvgIpc) is 3.10. The van der Waals surface area contributed by atoms with Gasteiger partial charge in [-0.15, -0.1) is 0 Å². The fraction of sp³-hybridized carbons (Fsp3) is 0.429. The second-order valence-corrected chi connectivity index (χ2v) is 9.59. The van der Waals surface area contributed by atoms with Gasteiger partial charge in [0.15, 0.2) is 11.5 Å². The molecule has 1 atom stereocenters. The van der Waals surface area contributed by atoms with Crippen LogP contribution in [0.4, 0.5) is 0 Å². The van der Waals surface area contributed by atoms with Crippen molar-refractivity contribution in [3.05, 3.63) is 58.7 Å². The highest BCUT2D eigenvalue weighted by atomic mass is 16.5. The molecule has 35 heavy (non-hydrogen) atoms. The fourth-order valence-electron chi connectivity index (χ4n) is 4.49. The number of nitrogens with zero attached hydrogens (tertiary/aromatic N) is 1. The van der Waals surface area contributed by atoms with Crippen molar-refractivity contribution in [2.24, 2.45) is 0 Å². The SMILES string of the molecule is CCCCN1C(=O)C(=O)/C(=C(/O)c2ccc(OC)c(C(C)(C)C)c2)C1c1cccc(OC)c1OC. The summed E-state index contributed by atoms with van der Waals surface area (Å²) in [6.45, 7) is 8.51. The minimum atomic E-state index is -0.813. The molecule has 7 heteroatoms. The Hall–Kier alpha value is -3.48. The minimum absolute atomic E-state index is 0.0303. The summed E-state index contributed by atoms with van der Waals surface area (Å²) in [6, 6.07) is 9.78. The molecule has 0 aliphatic carbocycles. The molecule has 1 aliphatic rings. The monoisotopic (exact) mass is 481 g/mol. The third-order valence-corrected chi connectivity index (χ3v) is 6.30. The lowest BCUT2D eigenvalue weighted by atomic mass is 9.84. The molecule has 1 N–H and O–H groups in total. The number of amides is 1. The second kappa shape index (κ2) is 10.4. The van der Waals surface area contributed by atoms with E-state index < -0.39 is 17.7 Å². The van der Waals surface area contributed by atoms with Crippen LogP contribution in [0.25, 0.3) is 5.76 Å². The molecule has 188 valence electrons. The highest BCUT2D eigenvalue weighted by molar-refractivity contribution is 6.46. The van der Waals surface area contributed by atoms with Gasteiger partial charge in [0.05, 0.1) is 32.9 Å². The number of carbonyl (C=O) groups is 2. The molecule has 1 fully saturated rings. The van der Waals surface area contributed by atoms with Crippen molar-refractivity contribution in [1.29, 1.82) is 0 Å². The Morgan fingerprint density at radius 2 is 1.69 bits per heavy atom. The van der Waals surface area contributed by atoms with Crippen LogP contribution < -0.4 is 14.2 Å². The molecule has 1 saturated heterocycles. The molecule has 0 aromatic heterocycles. The summed E-state index contributed by atoms with van der Waals surface area (Å²) in [6.07, 6.45) is 1.56. The zero-order valence-electron chi connectivity index (χ0n) is 21.6. The van der Waals surface area contributed by atoms with Crippen molar-refractivity contribution in [3.8, 4) is 17.2 Å². The Morgan fingerprint density at radius 3 is 2.26 bits per heavy atom. The van der Waals surface area contributed by atoms with Crippen molar-refractivity contribution >= 4 is 17.4 Å². The molecule has 0 saturated carbocycles. The Labute approximate surface area is 207 Å². The van der Waals surface area contributed by atoms with E-state index in [0.717, 1.165) is 12.0 Å². The number of hydrogen-bond donors (Lipinski definition) is 1. The van der Waals surface area contributed by atoms with Crippen LogP contribution in [-0.4, -0.2) is 49.6 Å². The first-order valence-corrected chi connectivity index (χ1v) is 11.8. The van der Waals surface area contributed by atoms with Crippen molar-refractivity contribution in [1.82, 2.24) is 4.90 Å². The van der Waals surface area contributed by atoms with Gasteiger partial charge in [-0.05, 0) is 36.1 Å². The minimum Gasteiger partial charge on any atom is -0.507 e. The first-order chi connectivity index (χ1) is 16.6. The van der Waals surface area contributed by atoms with Gasteiger partial charge in [0.25, 0.3) is 11.7 Å². The van der Waals surface area contributed by atoms with E-state index in [1.54, 1.807) is 37.4 Å². The van der Waals surface area contributed by atoms with E-state index in [4.69, 9.17) is 14.2 Å². The van der Waals surface area contributed by atoms with Crippen LogP contribution in [0.5, 0.6) is 17.2 Å². The summed E-state index contributed by atoms with van der Waals surface area (Å²) in [4.78, 5) is 28.0. The van der Waals surface area contributed by atoms with Crippen LogP contribution >= 0.6 is 0 Å². The van der Waals surface area contributed by atoms with Crippen molar-refractivity contribution in [2.45, 2.75) is 52.0 Å². The number of benzene rings is 2. The number of aliphatic hydroxyl groups excluding tert-OH is 1. The van der Waals surface area contributed by atoms with Crippen LogP contribution in [0.3, 0.4) is 0 Å². The third-order valence-electron chi connectivity index (χ3n) is 6.30. The van der Waals surface area contributed by atoms with Crippen molar-refractivity contribution in [3.63, 3.8) is 0 Å². The fourth-order valence-corrected chi connectivity index (χ4v) is 4.49. The molecule has 2 aromatic rings. The zero-order chi connectivity index (χ0) is 25.9. The highest BCUT2D eigenvalue weighted by Crippen LogP contribution is 2.46. The lowest BCUT2D eigenvalue weighted by molar-refractivity contribution is -0.139. The van der Waals surface area contributed by atoms with E-state index in [0.29, 0.717) is 41.3 Å². The van der Waals surface area contributed by atoms with Gasteiger partial charge in [-0.1, -0.05) is 46.2 Å². The summed E-state index contributed by atoms with van der Waals surface area (Å²) in [5.74, 6) is -0.0141. The Morgan fingerprint density at radius 1 is 1.00 bits per heavy atom. The van der Waals surface area contributed by atoms with Gasteiger partial charge >= 0.3 is 0 Å². The maximum Gasteiger partial charge on any atom is 0.295 e. The van der Waals surface area contributed by atoms with E-state index in [-0.39, 0.29) is 16.7 Å². The largest absolute Gasteiger partial charge is 0.507 e. The number of unbranched alkanes of at least 4 members (excludes halogenated alkanes) is 1. The standard InChI is InChI=1S/C28H35NO6/c1-8-9-15-29-23(18-11-10-12-21(34-6)26(18)35-7)22(25(31)27(29)32)24(30)17-13-14-20(33-5)19(16-17)28(2,3)4/h10-14,16,23,30H,8-9,15H2,1-7H3/b24-22+. The second-order valence-electron chi connectivity index (χ2n) is 9.59. The van der Waals surface area contributed by atoms with E-state index in [2.05, 4.69) is 0 Å². The highest BCUT2D eigenvalue weighted by Gasteiger charge is 2.47. The molecule has 7 nitrogen and oxygen atoms in total. The van der Waals surface area contributed by atoms with Gasteiger partial charge in [-0.25, -0.2) is 0 Å². The molecule has 1 aliphatic heterocycles. The zero-order valence-corrected chi connectivity index (χ0v) is 21.6. The van der Waals surface area contributed by atoms with Gasteiger partial charge in [0, 0.05) is 23.2 Å². The number of aliphatic hydroxyl groups is 1. The molecule has 1 amide bonds. The number of ketones is 1. The third kappa shape index (κ3) is 4.85. The lowest BCUT2D eigenvalue weighted by Gasteiger charge is -2.27. The molecule has 1 heterocycles. The maximum atomic E-state index is 13.3. The summed E-state index contributed by atoms with van der Waals surface area (Å²) in [7, 11) is 4.64. The summed E-state index contributed by atoms with van der Waals surface area (Å²) in [5, 5.41) is 11.5. The van der Waals surface area contributed by atoms with Crippen LogP contribution in [-0.2, 0) is 15.0 Å². The van der Waals surface area contributed by atoms with Crippen molar-refractivity contribution in [2.75, 3.05) is 27.9 Å². The predicted octanol–water partition coefficient (Wildman–Crippen LogP) is 5.23. The van der Waals surface area contributed by atoms with Crippen LogP contribution in [0.1, 0.15) is 63.3 Å². The van der Waals surface area contributed by atoms with E-state index in [1.807, 2.05) is 33.8 Å². The summed E-state index contributed by atoms with van der Waals surface area (Å²) < 4.78 is 16.6. The Kier molecular flexibility index (Phi) is 7.78. The molecule has 0 bridgehead atoms. The summed E-state index contributed by atoms with van der Waals surface area (Å²) in [5.41, 5.74) is 1.65. The van der Waals surface area contributed by atoms with Crippen LogP contribution in [0.15, 0.2) is 42.0 Å². The Bertz CT molecular complexity index is 1140. The number of methoxy groups -OCH3 is 3. The molecular weight excluding hydrogens is 446 g/mol. The molecule has 2 aromatic carbocycles. The number of Topliss-reactive ketones (excluding diaryl/α,β-unsaturated/α-hetero) is 1. The van der Waals surface area contributed by atoms with Gasteiger partial charge in [0.1, 0.15) is 11.5 Å². The number of hydrogen-bond acceptors (Lipinski definition) is 6. The Balaban J connectivity index is 2.29. The smallest absolute Gasteiger partial charge is 0.295 e. The van der Waals surface area contributed by atoms with Crippen LogP contribution in [0.2, 0.25) is 0 Å². The van der Waals surface area contributed by atoms with Gasteiger partial charge in [0.2, 0.25) is 0 Å². The predicted molar refractivity (Wildman–Crippen MR) is 135 cm³/mol. The average molecular weight is 482 g/mol. The normalized spacial score (nSPS) is 17.6. The van der Waals surface area contributed by atoms with Crippen LogP contribution in [0, 0.1) is 0 Å². The molecular formula is C28H35NO6. The number of likely N-dealkylation sites (tertiary alicyclic amines) is 1. The molecule has 3 rings (SSSR count). The quantitative estimate of drug-likeness (QED) is 0.316. The van der Waals surface area contributed by atoms with Gasteiger partial charge < -0.3 is 24.2 Å². The maximum absolute atomic E-state index is 13.3. The number of para-hydroxylation sites is 1. The number of rotatable bonds is 8. The van der Waals surface area contributed by atoms with Gasteiger partial charge in [-0.2, -0.15) is 0 Å². The van der Waals surface area contributed by atoms with Gasteiger partial charge in [-0.3, -0.25) is 9.59 Å². The van der Waals surface area contributed by atoms with Crippen molar-refractivity contribution < 1.29 is 28.9 Å². The first kappa shape index (κ1) is 26.1. The topological polar surface area (TPSA) is 85.3 Å². The summed E-state index contributed by atoms with van der Waals surface area (Å²) >= 11 is 0. The number of carbonyl (C=O) groups excluding carboxylic acids is 2. The lowest BCUT2D eigenvalue weighted by Crippen LogP contribution is -2.30. The van der Waals surface area contributed by atoms with E-state index in [1.165, 1.54) is 19.1 Å². The molecule has 0 spiro atoms. The molecule has 1 unspecified atom stereocenters. The van der Waals surface area contributed by atoms with E-state index >= 15 is 0 Å². The molecule has 0 radical (unpaired) electrons. The number of ether oxygens (including phenoxy) is 3.